The molecule has 2 aromatic carbocycles. The van der Waals surface area contributed by atoms with E-state index in [0.717, 1.165) is 53.5 Å². The summed E-state index contributed by atoms with van der Waals surface area (Å²) in [5.41, 5.74) is 4.00. The molecule has 8 nitrogen and oxygen atoms in total. The van der Waals surface area contributed by atoms with Crippen molar-refractivity contribution in [2.24, 2.45) is 0 Å². The number of carbonyl (C=O) groups excluding carboxylic acids is 2. The summed E-state index contributed by atoms with van der Waals surface area (Å²) >= 11 is 0. The van der Waals surface area contributed by atoms with Gasteiger partial charge in [-0.2, -0.15) is 0 Å². The van der Waals surface area contributed by atoms with E-state index < -0.39 is 17.5 Å². The van der Waals surface area contributed by atoms with Gasteiger partial charge in [0.25, 0.3) is 0 Å². The first-order chi connectivity index (χ1) is 19.6. The van der Waals surface area contributed by atoms with Crippen molar-refractivity contribution in [2.45, 2.75) is 89.1 Å². The number of fused-ring (bicyclic) bond motifs is 1. The maximum atomic E-state index is 13.1. The highest BCUT2D eigenvalue weighted by atomic mass is 16.7. The summed E-state index contributed by atoms with van der Waals surface area (Å²) in [5.74, 6) is 0.295. The second kappa shape index (κ2) is 10.5. The molecule has 2 heterocycles. The highest BCUT2D eigenvalue weighted by Crippen LogP contribution is 2.50. The van der Waals surface area contributed by atoms with E-state index in [4.69, 9.17) is 23.7 Å². The molecule has 1 spiro atoms. The predicted molar refractivity (Wildman–Crippen MR) is 154 cm³/mol. The van der Waals surface area contributed by atoms with Crippen LogP contribution < -0.4 is 4.74 Å². The number of benzene rings is 2. The van der Waals surface area contributed by atoms with Crippen LogP contribution in [0.5, 0.6) is 5.75 Å². The molecule has 0 bridgehead atoms. The zero-order chi connectivity index (χ0) is 28.9. The van der Waals surface area contributed by atoms with Crippen molar-refractivity contribution in [1.29, 1.82) is 0 Å². The van der Waals surface area contributed by atoms with Gasteiger partial charge in [-0.3, -0.25) is 4.57 Å². The Bertz CT molecular complexity index is 1460. The Morgan fingerprint density at radius 1 is 1.02 bits per heavy atom. The van der Waals surface area contributed by atoms with Crippen molar-refractivity contribution in [2.75, 3.05) is 20.3 Å². The highest BCUT2D eigenvalue weighted by molar-refractivity contribution is 5.96. The lowest BCUT2D eigenvalue weighted by Gasteiger charge is -2.41. The number of hydrogen-bond donors (Lipinski definition) is 0. The van der Waals surface area contributed by atoms with Crippen molar-refractivity contribution in [3.63, 3.8) is 0 Å². The first-order valence-electron chi connectivity index (χ1n) is 14.6. The third kappa shape index (κ3) is 5.47. The molecule has 1 aromatic heterocycles. The van der Waals surface area contributed by atoms with Crippen molar-refractivity contribution < 1.29 is 33.3 Å². The molecule has 1 unspecified atom stereocenters. The maximum absolute atomic E-state index is 13.1. The summed E-state index contributed by atoms with van der Waals surface area (Å²) in [6, 6.07) is 11.7. The molecule has 2 saturated carbocycles. The first-order valence-corrected chi connectivity index (χ1v) is 14.6. The van der Waals surface area contributed by atoms with Gasteiger partial charge >= 0.3 is 12.1 Å². The molecule has 8 heteroatoms. The molecule has 3 aromatic rings. The van der Waals surface area contributed by atoms with E-state index in [9.17, 15) is 9.59 Å². The number of rotatable bonds is 5. The van der Waals surface area contributed by atoms with Gasteiger partial charge < -0.3 is 23.7 Å². The Kier molecular flexibility index (Phi) is 7.10. The number of aromatic nitrogens is 1. The Morgan fingerprint density at radius 3 is 2.37 bits per heavy atom. The van der Waals surface area contributed by atoms with Gasteiger partial charge in [0.1, 0.15) is 17.5 Å². The summed E-state index contributed by atoms with van der Waals surface area (Å²) in [4.78, 5) is 25.2. The molecule has 2 atom stereocenters. The molecular weight excluding hydrogens is 522 g/mol. The predicted octanol–water partition coefficient (Wildman–Crippen LogP) is 6.86. The molecule has 0 radical (unpaired) electrons. The van der Waals surface area contributed by atoms with Gasteiger partial charge in [0.05, 0.1) is 31.4 Å². The molecular formula is C33H39NO7. The topological polar surface area (TPSA) is 85.2 Å². The fourth-order valence-electron chi connectivity index (χ4n) is 6.33. The van der Waals surface area contributed by atoms with E-state index in [1.165, 1.54) is 12.7 Å². The van der Waals surface area contributed by atoms with Crippen LogP contribution in [0.25, 0.3) is 10.9 Å². The summed E-state index contributed by atoms with van der Waals surface area (Å²) in [6.45, 7) is 8.83. The monoisotopic (exact) mass is 561 g/mol. The highest BCUT2D eigenvalue weighted by Gasteiger charge is 2.47. The number of carbonyl (C=O) groups is 2. The molecule has 0 amide bonds. The van der Waals surface area contributed by atoms with Crippen LogP contribution in [0.4, 0.5) is 4.79 Å². The average Bonchev–Trinajstić information content (AvgIpc) is 3.52. The zero-order valence-corrected chi connectivity index (χ0v) is 24.5. The Balaban J connectivity index is 1.39. The van der Waals surface area contributed by atoms with Gasteiger partial charge in [-0.25, -0.2) is 9.59 Å². The molecule has 2 aliphatic carbocycles. The number of esters is 1. The van der Waals surface area contributed by atoms with Crippen LogP contribution in [0.2, 0.25) is 0 Å². The number of nitrogens with zero attached hydrogens (tertiary/aromatic N) is 1. The van der Waals surface area contributed by atoms with Gasteiger partial charge in [0.2, 0.25) is 0 Å². The summed E-state index contributed by atoms with van der Waals surface area (Å²) in [6.07, 6.45) is 5.63. The van der Waals surface area contributed by atoms with E-state index in [-0.39, 0.29) is 18.0 Å². The Labute approximate surface area is 240 Å². The van der Waals surface area contributed by atoms with Crippen LogP contribution in [-0.2, 0) is 18.9 Å². The minimum absolute atomic E-state index is 0.0232. The van der Waals surface area contributed by atoms with E-state index in [1.54, 1.807) is 22.9 Å². The lowest BCUT2D eigenvalue weighted by atomic mass is 9.78. The molecule has 0 N–H and O–H groups in total. The Morgan fingerprint density at radius 2 is 1.73 bits per heavy atom. The molecule has 1 aliphatic heterocycles. The third-order valence-corrected chi connectivity index (χ3v) is 8.38. The van der Waals surface area contributed by atoms with Gasteiger partial charge in [-0.15, -0.1) is 0 Å². The van der Waals surface area contributed by atoms with Crippen molar-refractivity contribution in [3.8, 4) is 5.75 Å². The van der Waals surface area contributed by atoms with Crippen LogP contribution in [-0.4, -0.2) is 54.4 Å². The standard InChI is InChI=1S/C33H39NO7/c1-20-18-25(21-6-7-21)29(24-13-15-34(28(20)24)31(36)41-32(2,3)4)40-27-12-14-33(38-16-17-39-33)19-26(27)22-8-10-23(11-9-22)30(35)37-5/h8-11,13,15,18,21,26-27H,6-7,12,14,16-17,19H2,1-5H3/t26?,27-/m1/s1. The van der Waals surface area contributed by atoms with Crippen LogP contribution in [0.3, 0.4) is 0 Å². The van der Waals surface area contributed by atoms with Gasteiger partial charge in [0, 0.05) is 30.3 Å². The minimum Gasteiger partial charge on any atom is -0.489 e. The molecule has 3 fully saturated rings. The third-order valence-electron chi connectivity index (χ3n) is 8.38. The minimum atomic E-state index is -0.618. The van der Waals surface area contributed by atoms with Crippen molar-refractivity contribution in [1.82, 2.24) is 4.57 Å². The van der Waals surface area contributed by atoms with Crippen LogP contribution in [0, 0.1) is 6.92 Å². The lowest BCUT2D eigenvalue weighted by Crippen LogP contribution is -2.43. The van der Waals surface area contributed by atoms with E-state index >= 15 is 0 Å². The number of ether oxygens (including phenoxy) is 5. The molecule has 1 saturated heterocycles. The van der Waals surface area contributed by atoms with Crippen molar-refractivity contribution >= 4 is 23.0 Å². The molecule has 41 heavy (non-hydrogen) atoms. The van der Waals surface area contributed by atoms with Crippen LogP contribution >= 0.6 is 0 Å². The van der Waals surface area contributed by atoms with E-state index in [2.05, 4.69) is 6.07 Å². The number of aryl methyl sites for hydroxylation is 1. The van der Waals surface area contributed by atoms with Gasteiger partial charge in [0.15, 0.2) is 5.79 Å². The lowest BCUT2D eigenvalue weighted by molar-refractivity contribution is -0.191. The molecule has 6 rings (SSSR count). The zero-order valence-electron chi connectivity index (χ0n) is 24.5. The van der Waals surface area contributed by atoms with Crippen molar-refractivity contribution in [3.05, 3.63) is 64.8 Å². The van der Waals surface area contributed by atoms with Gasteiger partial charge in [-0.1, -0.05) is 12.1 Å². The van der Waals surface area contributed by atoms with Crippen LogP contribution in [0.15, 0.2) is 42.6 Å². The van der Waals surface area contributed by atoms with E-state index in [1.807, 2.05) is 45.9 Å². The smallest absolute Gasteiger partial charge is 0.419 e. The summed E-state index contributed by atoms with van der Waals surface area (Å²) in [7, 11) is 1.38. The summed E-state index contributed by atoms with van der Waals surface area (Å²) in [5, 5.41) is 0.922. The fraction of sp³-hybridized carbons (Fsp3) is 0.515. The average molecular weight is 562 g/mol. The maximum Gasteiger partial charge on any atom is 0.419 e. The molecule has 218 valence electrons. The first kappa shape index (κ1) is 27.8. The fourth-order valence-corrected chi connectivity index (χ4v) is 6.33. The van der Waals surface area contributed by atoms with Gasteiger partial charge in [-0.05, 0) is 93.8 Å². The SMILES string of the molecule is COC(=O)c1ccc(C2CC3(CC[C@H]2Oc2c(C4CC4)cc(C)c4c2ccn4C(=O)OC(C)(C)C)OCCO3)cc1. The quantitative estimate of drug-likeness (QED) is 0.315. The normalized spacial score (nSPS) is 22.2. The number of methoxy groups -OCH3 is 1. The second-order valence-electron chi connectivity index (χ2n) is 12.5. The number of hydrogen-bond acceptors (Lipinski definition) is 7. The second-order valence-corrected chi connectivity index (χ2v) is 12.5. The van der Waals surface area contributed by atoms with Crippen LogP contribution in [0.1, 0.15) is 91.8 Å². The Hall–Kier alpha value is -3.36. The van der Waals surface area contributed by atoms with E-state index in [0.29, 0.717) is 31.1 Å². The largest absolute Gasteiger partial charge is 0.489 e. The molecule has 3 aliphatic rings. The summed E-state index contributed by atoms with van der Waals surface area (Å²) < 4.78 is 31.5.